The number of carbonyl (C=O) groups excluding carboxylic acids is 1. The molecule has 1 aromatic carbocycles. The second-order valence-corrected chi connectivity index (χ2v) is 6.20. The van der Waals surface area contributed by atoms with E-state index in [4.69, 9.17) is 4.74 Å². The summed E-state index contributed by atoms with van der Waals surface area (Å²) >= 11 is 0. The molecule has 1 saturated carbocycles. The quantitative estimate of drug-likeness (QED) is 0.793. The molecule has 1 aliphatic carbocycles. The minimum absolute atomic E-state index is 0.0880. The maximum atomic E-state index is 12.5. The summed E-state index contributed by atoms with van der Waals surface area (Å²) < 4.78 is 5.37. The normalized spacial score (nSPS) is 27.1. The molecular formula is C18H25NO2. The van der Waals surface area contributed by atoms with Gasteiger partial charge in [0.1, 0.15) is 6.04 Å². The average Bonchev–Trinajstić information content (AvgIpc) is 2.93. The van der Waals surface area contributed by atoms with Crippen molar-refractivity contribution in [1.82, 2.24) is 4.90 Å². The fraction of sp³-hybridized carbons (Fsp3) is 0.611. The van der Waals surface area contributed by atoms with E-state index in [1.165, 1.54) is 32.1 Å². The predicted molar refractivity (Wildman–Crippen MR) is 82.9 cm³/mol. The molecule has 114 valence electrons. The van der Waals surface area contributed by atoms with E-state index < -0.39 is 0 Å². The van der Waals surface area contributed by atoms with Crippen LogP contribution in [0.4, 0.5) is 0 Å². The Morgan fingerprint density at radius 2 is 2.00 bits per heavy atom. The molecule has 0 radical (unpaired) electrons. The predicted octanol–water partition coefficient (Wildman–Crippen LogP) is 3.56. The first-order valence-corrected chi connectivity index (χ1v) is 8.28. The van der Waals surface area contributed by atoms with Gasteiger partial charge < -0.3 is 4.74 Å². The van der Waals surface area contributed by atoms with Crippen molar-refractivity contribution < 1.29 is 9.53 Å². The first kappa shape index (κ1) is 14.6. The van der Waals surface area contributed by atoms with Gasteiger partial charge >= 0.3 is 5.97 Å². The highest BCUT2D eigenvalue weighted by atomic mass is 16.5. The molecule has 3 atom stereocenters. The fourth-order valence-corrected chi connectivity index (χ4v) is 4.08. The van der Waals surface area contributed by atoms with E-state index in [0.717, 1.165) is 18.0 Å². The minimum Gasteiger partial charge on any atom is -0.465 e. The van der Waals surface area contributed by atoms with Crippen molar-refractivity contribution in [1.29, 1.82) is 0 Å². The first-order valence-electron chi connectivity index (χ1n) is 8.28. The maximum absolute atomic E-state index is 12.5. The molecule has 0 N–H and O–H groups in total. The highest BCUT2D eigenvalue weighted by molar-refractivity contribution is 5.77. The molecular weight excluding hydrogens is 262 g/mol. The molecule has 1 heterocycles. The van der Waals surface area contributed by atoms with E-state index in [1.54, 1.807) is 0 Å². The lowest BCUT2D eigenvalue weighted by atomic mass is 9.84. The van der Waals surface area contributed by atoms with E-state index in [9.17, 15) is 4.79 Å². The molecule has 0 amide bonds. The van der Waals surface area contributed by atoms with E-state index in [-0.39, 0.29) is 12.0 Å². The summed E-state index contributed by atoms with van der Waals surface area (Å²) in [6, 6.07) is 10.5. The highest BCUT2D eigenvalue weighted by Gasteiger charge is 2.42. The summed E-state index contributed by atoms with van der Waals surface area (Å²) in [5.41, 5.74) is 1.07. The summed E-state index contributed by atoms with van der Waals surface area (Å²) in [6.07, 6.45) is 6.43. The molecule has 2 aliphatic rings. The third kappa shape index (κ3) is 2.98. The van der Waals surface area contributed by atoms with Gasteiger partial charge in [-0.1, -0.05) is 43.2 Å². The number of ether oxygens (including phenoxy) is 1. The number of fused-ring (bicyclic) bond motifs is 1. The third-order valence-electron chi connectivity index (χ3n) is 5.01. The Morgan fingerprint density at radius 3 is 2.76 bits per heavy atom. The molecule has 1 saturated heterocycles. The van der Waals surface area contributed by atoms with Gasteiger partial charge in [-0.25, -0.2) is 4.79 Å². The minimum atomic E-state index is -0.223. The van der Waals surface area contributed by atoms with Crippen LogP contribution in [0.2, 0.25) is 0 Å². The monoisotopic (exact) mass is 287 g/mol. The standard InChI is InChI=1S/C18H25NO2/c1-2-21-18(20)17(15-9-4-3-5-10-15)19-13-12-14-8-6-7-11-16(14)19/h3-5,9-10,14,16-17H,2,6-8,11-13H2,1H3. The zero-order valence-electron chi connectivity index (χ0n) is 12.8. The Bertz CT molecular complexity index is 473. The first-order chi connectivity index (χ1) is 10.3. The fourth-order valence-electron chi connectivity index (χ4n) is 4.08. The van der Waals surface area contributed by atoms with Crippen molar-refractivity contribution in [2.24, 2.45) is 5.92 Å². The van der Waals surface area contributed by atoms with Crippen LogP contribution in [0.1, 0.15) is 50.6 Å². The van der Waals surface area contributed by atoms with Crippen LogP contribution in [0.5, 0.6) is 0 Å². The molecule has 21 heavy (non-hydrogen) atoms. The summed E-state index contributed by atoms with van der Waals surface area (Å²) in [5, 5.41) is 0. The second-order valence-electron chi connectivity index (χ2n) is 6.20. The zero-order valence-corrected chi connectivity index (χ0v) is 12.8. The Balaban J connectivity index is 1.86. The zero-order chi connectivity index (χ0) is 14.7. The SMILES string of the molecule is CCOC(=O)C(c1ccccc1)N1CCC2CCCCC21. The van der Waals surface area contributed by atoms with E-state index in [1.807, 2.05) is 25.1 Å². The van der Waals surface area contributed by atoms with Crippen LogP contribution in [0.25, 0.3) is 0 Å². The van der Waals surface area contributed by atoms with Gasteiger partial charge in [0.05, 0.1) is 6.61 Å². The maximum Gasteiger partial charge on any atom is 0.328 e. The van der Waals surface area contributed by atoms with Crippen LogP contribution in [-0.4, -0.2) is 30.1 Å². The molecule has 0 aromatic heterocycles. The smallest absolute Gasteiger partial charge is 0.328 e. The number of rotatable bonds is 4. The van der Waals surface area contributed by atoms with Crippen molar-refractivity contribution in [2.75, 3.05) is 13.2 Å². The van der Waals surface area contributed by atoms with Gasteiger partial charge in [0.2, 0.25) is 0 Å². The number of benzene rings is 1. The van der Waals surface area contributed by atoms with Crippen molar-refractivity contribution in [3.8, 4) is 0 Å². The van der Waals surface area contributed by atoms with Crippen molar-refractivity contribution in [3.05, 3.63) is 35.9 Å². The van der Waals surface area contributed by atoms with Crippen LogP contribution in [-0.2, 0) is 9.53 Å². The van der Waals surface area contributed by atoms with Crippen molar-refractivity contribution in [2.45, 2.75) is 51.1 Å². The molecule has 1 aromatic rings. The van der Waals surface area contributed by atoms with Gasteiger partial charge in [-0.15, -0.1) is 0 Å². The van der Waals surface area contributed by atoms with E-state index in [2.05, 4.69) is 17.0 Å². The third-order valence-corrected chi connectivity index (χ3v) is 5.01. The lowest BCUT2D eigenvalue weighted by Crippen LogP contribution is -2.41. The topological polar surface area (TPSA) is 29.5 Å². The van der Waals surface area contributed by atoms with Crippen LogP contribution in [0, 0.1) is 5.92 Å². The highest BCUT2D eigenvalue weighted by Crippen LogP contribution is 2.41. The Hall–Kier alpha value is -1.35. The summed E-state index contributed by atoms with van der Waals surface area (Å²) in [7, 11) is 0. The Labute approximate surface area is 127 Å². The number of likely N-dealkylation sites (tertiary alicyclic amines) is 1. The molecule has 1 aliphatic heterocycles. The Morgan fingerprint density at radius 1 is 1.24 bits per heavy atom. The second kappa shape index (κ2) is 6.61. The van der Waals surface area contributed by atoms with Gasteiger partial charge in [-0.3, -0.25) is 4.90 Å². The summed E-state index contributed by atoms with van der Waals surface area (Å²) in [4.78, 5) is 15.0. The van der Waals surface area contributed by atoms with Crippen LogP contribution >= 0.6 is 0 Å². The molecule has 2 fully saturated rings. The van der Waals surface area contributed by atoms with Crippen molar-refractivity contribution in [3.63, 3.8) is 0 Å². The van der Waals surface area contributed by atoms with Gasteiger partial charge in [-0.2, -0.15) is 0 Å². The Kier molecular flexibility index (Phi) is 4.59. The number of esters is 1. The van der Waals surface area contributed by atoms with E-state index >= 15 is 0 Å². The lowest BCUT2D eigenvalue weighted by Gasteiger charge is -2.36. The van der Waals surface area contributed by atoms with Gasteiger partial charge in [0, 0.05) is 6.04 Å². The molecule has 3 nitrogen and oxygen atoms in total. The number of hydrogen-bond acceptors (Lipinski definition) is 3. The largest absolute Gasteiger partial charge is 0.465 e. The number of carbonyl (C=O) groups is 1. The number of nitrogens with zero attached hydrogens (tertiary/aromatic N) is 1. The molecule has 3 rings (SSSR count). The molecule has 3 heteroatoms. The molecule has 0 bridgehead atoms. The van der Waals surface area contributed by atoms with Crippen LogP contribution in [0.15, 0.2) is 30.3 Å². The van der Waals surface area contributed by atoms with Crippen LogP contribution < -0.4 is 0 Å². The summed E-state index contributed by atoms with van der Waals surface area (Å²) in [6.45, 7) is 3.35. The van der Waals surface area contributed by atoms with Gasteiger partial charge in [-0.05, 0) is 44.2 Å². The number of hydrogen-bond donors (Lipinski definition) is 0. The average molecular weight is 287 g/mol. The van der Waals surface area contributed by atoms with Gasteiger partial charge in [0.25, 0.3) is 0 Å². The van der Waals surface area contributed by atoms with Crippen LogP contribution in [0.3, 0.4) is 0 Å². The van der Waals surface area contributed by atoms with E-state index in [0.29, 0.717) is 12.6 Å². The van der Waals surface area contributed by atoms with Crippen molar-refractivity contribution >= 4 is 5.97 Å². The summed E-state index contributed by atoms with van der Waals surface area (Å²) in [5.74, 6) is 0.689. The lowest BCUT2D eigenvalue weighted by molar-refractivity contribution is -0.150. The molecule has 0 spiro atoms. The molecule has 3 unspecified atom stereocenters. The van der Waals surface area contributed by atoms with Gasteiger partial charge in [0.15, 0.2) is 0 Å².